The Bertz CT molecular complexity index is 530. The number of sulfonamides is 1. The van der Waals surface area contributed by atoms with Gasteiger partial charge in [0.2, 0.25) is 0 Å². The quantitative estimate of drug-likeness (QED) is 0.756. The number of fused-ring (bicyclic) bond motifs is 1. The summed E-state index contributed by atoms with van der Waals surface area (Å²) >= 11 is 0. The molecule has 0 radical (unpaired) electrons. The van der Waals surface area contributed by atoms with Gasteiger partial charge in [0.05, 0.1) is 0 Å². The van der Waals surface area contributed by atoms with Crippen LogP contribution in [0.4, 0.5) is 0 Å². The standard InChI is InChI=1S/C9H13N5O2S/c1-6(2)3-14-17(15,16)9-7-8(11-4-10-7)12-5-13-9/h4-7,14H,3H2,1-2H3. The Kier molecular flexibility index (Phi) is 3.16. The molecule has 2 aliphatic rings. The van der Waals surface area contributed by atoms with Crippen LogP contribution in [-0.4, -0.2) is 44.6 Å². The lowest BCUT2D eigenvalue weighted by molar-refractivity contribution is 0.570. The number of aliphatic imine (C=N–C) groups is 4. The first kappa shape index (κ1) is 12.1. The van der Waals surface area contributed by atoms with Crippen molar-refractivity contribution in [2.45, 2.75) is 19.9 Å². The number of nitrogens with one attached hydrogen (secondary N) is 1. The van der Waals surface area contributed by atoms with Crippen LogP contribution in [0.15, 0.2) is 20.0 Å². The summed E-state index contributed by atoms with van der Waals surface area (Å²) in [5.41, 5.74) is 0. The van der Waals surface area contributed by atoms with Gasteiger partial charge in [-0.05, 0) is 5.92 Å². The first-order chi connectivity index (χ1) is 8.00. The zero-order valence-electron chi connectivity index (χ0n) is 9.53. The lowest BCUT2D eigenvalue weighted by atomic mass is 10.2. The minimum Gasteiger partial charge on any atom is -0.255 e. The van der Waals surface area contributed by atoms with Gasteiger partial charge < -0.3 is 0 Å². The monoisotopic (exact) mass is 255 g/mol. The Morgan fingerprint density at radius 2 is 2.12 bits per heavy atom. The lowest BCUT2D eigenvalue weighted by Crippen LogP contribution is -2.42. The lowest BCUT2D eigenvalue weighted by Gasteiger charge is -2.15. The van der Waals surface area contributed by atoms with Gasteiger partial charge in [-0.1, -0.05) is 13.8 Å². The number of hydrogen-bond donors (Lipinski definition) is 1. The van der Waals surface area contributed by atoms with Crippen molar-refractivity contribution in [1.82, 2.24) is 4.72 Å². The summed E-state index contributed by atoms with van der Waals surface area (Å²) in [6, 6.07) is -0.690. The molecular formula is C9H13N5O2S. The van der Waals surface area contributed by atoms with E-state index in [1.165, 1.54) is 12.7 Å². The number of nitrogens with zero attached hydrogens (tertiary/aromatic N) is 4. The van der Waals surface area contributed by atoms with Gasteiger partial charge in [-0.2, -0.15) is 0 Å². The van der Waals surface area contributed by atoms with E-state index in [1.54, 1.807) is 0 Å². The molecule has 0 aromatic rings. The summed E-state index contributed by atoms with van der Waals surface area (Å²) in [6.45, 7) is 4.21. The zero-order valence-corrected chi connectivity index (χ0v) is 10.3. The van der Waals surface area contributed by atoms with Crippen LogP contribution in [0, 0.1) is 5.92 Å². The van der Waals surface area contributed by atoms with E-state index in [1.807, 2.05) is 13.8 Å². The van der Waals surface area contributed by atoms with Crippen molar-refractivity contribution in [2.24, 2.45) is 25.9 Å². The van der Waals surface area contributed by atoms with Gasteiger partial charge in [0.1, 0.15) is 12.7 Å². The van der Waals surface area contributed by atoms with Gasteiger partial charge in [0.15, 0.2) is 16.9 Å². The second-order valence-corrected chi connectivity index (χ2v) is 5.83. The van der Waals surface area contributed by atoms with Crippen molar-refractivity contribution in [3.63, 3.8) is 0 Å². The number of rotatable bonds is 3. The van der Waals surface area contributed by atoms with Crippen LogP contribution in [0.25, 0.3) is 0 Å². The Labute approximate surface area is 99.5 Å². The molecule has 2 aliphatic heterocycles. The van der Waals surface area contributed by atoms with Crippen LogP contribution in [-0.2, 0) is 10.0 Å². The fraction of sp³-hybridized carbons (Fsp3) is 0.556. The van der Waals surface area contributed by atoms with Gasteiger partial charge in [-0.15, -0.1) is 0 Å². The second kappa shape index (κ2) is 4.46. The van der Waals surface area contributed by atoms with Crippen molar-refractivity contribution in [3.05, 3.63) is 0 Å². The number of hydrogen-bond acceptors (Lipinski definition) is 6. The molecule has 1 N–H and O–H groups in total. The normalized spacial score (nSPS) is 22.6. The van der Waals surface area contributed by atoms with E-state index < -0.39 is 16.1 Å². The van der Waals surface area contributed by atoms with Gasteiger partial charge in [-0.3, -0.25) is 4.99 Å². The Balaban J connectivity index is 2.22. The Hall–Kier alpha value is -1.41. The van der Waals surface area contributed by atoms with E-state index in [0.29, 0.717) is 12.4 Å². The fourth-order valence-electron chi connectivity index (χ4n) is 1.36. The smallest absolute Gasteiger partial charge is 0.255 e. The minimum absolute atomic E-state index is 0.0411. The average Bonchev–Trinajstić information content (AvgIpc) is 2.74. The van der Waals surface area contributed by atoms with Crippen LogP contribution in [0.2, 0.25) is 0 Å². The summed E-state index contributed by atoms with van der Waals surface area (Å²) in [5.74, 6) is 0.591. The maximum atomic E-state index is 12.0. The van der Waals surface area contributed by atoms with Crippen molar-refractivity contribution < 1.29 is 8.42 Å². The third-order valence-corrected chi connectivity index (χ3v) is 3.64. The molecule has 0 amide bonds. The topological polar surface area (TPSA) is 95.6 Å². The molecule has 0 aromatic heterocycles. The molecule has 1 unspecified atom stereocenters. The molecule has 1 atom stereocenters. The summed E-state index contributed by atoms with van der Waals surface area (Å²) in [7, 11) is -3.62. The maximum absolute atomic E-state index is 12.0. The van der Waals surface area contributed by atoms with E-state index >= 15 is 0 Å². The van der Waals surface area contributed by atoms with E-state index in [0.717, 1.165) is 0 Å². The molecule has 8 heteroatoms. The minimum atomic E-state index is -3.62. The van der Waals surface area contributed by atoms with Crippen LogP contribution in [0.1, 0.15) is 13.8 Å². The summed E-state index contributed by atoms with van der Waals surface area (Å²) in [4.78, 5) is 15.5. The maximum Gasteiger partial charge on any atom is 0.256 e. The van der Waals surface area contributed by atoms with Crippen LogP contribution < -0.4 is 4.72 Å². The molecule has 0 fully saturated rings. The zero-order chi connectivity index (χ0) is 12.5. The number of amidine groups is 1. The third kappa shape index (κ3) is 2.47. The predicted molar refractivity (Wildman–Crippen MR) is 67.4 cm³/mol. The highest BCUT2D eigenvalue weighted by atomic mass is 32.2. The van der Waals surface area contributed by atoms with Gasteiger partial charge >= 0.3 is 0 Å². The molecule has 2 heterocycles. The molecular weight excluding hydrogens is 242 g/mol. The Morgan fingerprint density at radius 3 is 2.82 bits per heavy atom. The summed E-state index contributed by atoms with van der Waals surface area (Å²) in [6.07, 6.45) is 2.49. The molecule has 0 spiro atoms. The van der Waals surface area contributed by atoms with Crippen LogP contribution in [0.3, 0.4) is 0 Å². The molecule has 7 nitrogen and oxygen atoms in total. The van der Waals surface area contributed by atoms with E-state index in [9.17, 15) is 8.42 Å². The second-order valence-electron chi connectivity index (χ2n) is 4.11. The van der Waals surface area contributed by atoms with Crippen LogP contribution >= 0.6 is 0 Å². The fourth-order valence-corrected chi connectivity index (χ4v) is 2.70. The molecule has 0 aromatic carbocycles. The van der Waals surface area contributed by atoms with E-state index in [2.05, 4.69) is 24.7 Å². The molecule has 92 valence electrons. The molecule has 2 rings (SSSR count). The van der Waals surface area contributed by atoms with Crippen molar-refractivity contribution >= 4 is 33.6 Å². The summed E-state index contributed by atoms with van der Waals surface area (Å²) in [5, 5.41) is -0.0411. The van der Waals surface area contributed by atoms with Crippen molar-refractivity contribution in [3.8, 4) is 0 Å². The SMILES string of the molecule is CC(C)CNS(=O)(=O)C1=NC=NC2=NC=NC21. The molecule has 17 heavy (non-hydrogen) atoms. The molecule has 0 bridgehead atoms. The van der Waals surface area contributed by atoms with Crippen LogP contribution in [0.5, 0.6) is 0 Å². The van der Waals surface area contributed by atoms with Gasteiger partial charge in [0.25, 0.3) is 10.0 Å². The third-order valence-electron chi connectivity index (χ3n) is 2.22. The highest BCUT2D eigenvalue weighted by Gasteiger charge is 2.34. The van der Waals surface area contributed by atoms with E-state index in [-0.39, 0.29) is 11.0 Å². The van der Waals surface area contributed by atoms with Gasteiger partial charge in [0, 0.05) is 6.54 Å². The summed E-state index contributed by atoms with van der Waals surface area (Å²) < 4.78 is 26.5. The average molecular weight is 255 g/mol. The largest absolute Gasteiger partial charge is 0.256 e. The molecule has 0 saturated heterocycles. The van der Waals surface area contributed by atoms with Crippen molar-refractivity contribution in [2.75, 3.05) is 6.54 Å². The first-order valence-corrected chi connectivity index (χ1v) is 6.68. The highest BCUT2D eigenvalue weighted by Crippen LogP contribution is 2.12. The Morgan fingerprint density at radius 1 is 1.35 bits per heavy atom. The molecule has 0 aliphatic carbocycles. The van der Waals surface area contributed by atoms with E-state index in [4.69, 9.17) is 0 Å². The van der Waals surface area contributed by atoms with Gasteiger partial charge in [-0.25, -0.2) is 28.1 Å². The highest BCUT2D eigenvalue weighted by molar-refractivity contribution is 8.05. The van der Waals surface area contributed by atoms with Crippen molar-refractivity contribution in [1.29, 1.82) is 0 Å². The first-order valence-electron chi connectivity index (χ1n) is 5.20. The molecule has 0 saturated carbocycles. The predicted octanol–water partition coefficient (Wildman–Crippen LogP) is -0.189.